The summed E-state index contributed by atoms with van der Waals surface area (Å²) in [6.07, 6.45) is 9.30. The van der Waals surface area contributed by atoms with Gasteiger partial charge in [0.25, 0.3) is 0 Å². The first kappa shape index (κ1) is 31.5. The Morgan fingerprint density at radius 1 is 1.22 bits per heavy atom. The number of hydrogen-bond acceptors (Lipinski definition) is 4. The van der Waals surface area contributed by atoms with Crippen LogP contribution in [0.1, 0.15) is 71.9 Å². The van der Waals surface area contributed by atoms with Crippen molar-refractivity contribution in [1.82, 2.24) is 0 Å². The van der Waals surface area contributed by atoms with Gasteiger partial charge in [0, 0.05) is 17.7 Å². The molecule has 32 heavy (non-hydrogen) atoms. The van der Waals surface area contributed by atoms with Gasteiger partial charge in [-0.25, -0.2) is 0 Å². The predicted molar refractivity (Wildman–Crippen MR) is 140 cm³/mol. The molecule has 4 heteroatoms. The number of Topliss-reactive ketones (excluding diaryl/α,β-unsaturated/α-hetero) is 1. The zero-order valence-electron chi connectivity index (χ0n) is 21.2. The van der Waals surface area contributed by atoms with Crippen LogP contribution in [0.4, 0.5) is 0 Å². The van der Waals surface area contributed by atoms with Crippen molar-refractivity contribution in [2.24, 2.45) is 5.73 Å². The van der Waals surface area contributed by atoms with Crippen LogP contribution in [-0.4, -0.2) is 22.7 Å². The SMILES string of the molecule is C=C/C=C(\C=C/C)C(=N)/C(=C(/C)N)C(O)CCC.CC.CC(=O)CCc1ccc(C)cc1. The Kier molecular flexibility index (Phi) is 18.7. The molecule has 0 spiro atoms. The molecule has 0 saturated heterocycles. The van der Waals surface area contributed by atoms with Gasteiger partial charge in [-0.2, -0.15) is 0 Å². The third kappa shape index (κ3) is 13.6. The first-order chi connectivity index (χ1) is 15.2. The lowest BCUT2D eigenvalue weighted by atomic mass is 9.93. The number of nitrogens with one attached hydrogen (secondary N) is 1. The standard InChI is InChI=1S/C15H24N2O.C11H14O.C2H6/c1-5-8-12(9-6-2)15(17)14(11(4)16)13(18)10-7-3;1-9-3-6-11(7-4-9)8-5-10(2)12;1-2/h5-6,8-9,13,17-18H,1,7,10,16H2,2-4H3;3-4,6-7H,5,8H2,1-2H3;1-2H3/b9-6-,12-8+,14-11-,17-15?;;. The van der Waals surface area contributed by atoms with Crippen molar-refractivity contribution < 1.29 is 9.90 Å². The number of carbonyl (C=O) groups is 1. The number of allylic oxidation sites excluding steroid dienone is 6. The Hall–Kier alpha value is -2.72. The lowest BCUT2D eigenvalue weighted by Gasteiger charge is -2.18. The molecule has 0 aliphatic heterocycles. The van der Waals surface area contributed by atoms with Gasteiger partial charge >= 0.3 is 0 Å². The van der Waals surface area contributed by atoms with E-state index in [4.69, 9.17) is 11.1 Å². The van der Waals surface area contributed by atoms with Crippen LogP contribution in [0.2, 0.25) is 0 Å². The highest BCUT2D eigenvalue weighted by Crippen LogP contribution is 2.18. The summed E-state index contributed by atoms with van der Waals surface area (Å²) in [5, 5.41) is 18.3. The number of aliphatic hydroxyl groups is 1. The van der Waals surface area contributed by atoms with Crippen LogP contribution < -0.4 is 5.73 Å². The van der Waals surface area contributed by atoms with Crippen LogP contribution in [0.15, 0.2) is 72.0 Å². The van der Waals surface area contributed by atoms with E-state index in [1.54, 1.807) is 26.0 Å². The van der Waals surface area contributed by atoms with E-state index in [1.165, 1.54) is 11.1 Å². The fourth-order valence-corrected chi connectivity index (χ4v) is 2.80. The zero-order valence-corrected chi connectivity index (χ0v) is 21.2. The minimum atomic E-state index is -0.689. The van der Waals surface area contributed by atoms with Gasteiger partial charge < -0.3 is 15.6 Å². The predicted octanol–water partition coefficient (Wildman–Crippen LogP) is 6.63. The smallest absolute Gasteiger partial charge is 0.130 e. The summed E-state index contributed by atoms with van der Waals surface area (Å²) in [7, 11) is 0. The lowest BCUT2D eigenvalue weighted by Crippen LogP contribution is -2.22. The van der Waals surface area contributed by atoms with E-state index in [0.29, 0.717) is 29.7 Å². The fraction of sp³-hybridized carbons (Fsp3) is 0.429. The van der Waals surface area contributed by atoms with E-state index >= 15 is 0 Å². The molecule has 1 aromatic carbocycles. The van der Waals surface area contributed by atoms with Crippen molar-refractivity contribution in [2.75, 3.05) is 0 Å². The van der Waals surface area contributed by atoms with Crippen molar-refractivity contribution >= 4 is 11.5 Å². The molecule has 1 aromatic rings. The van der Waals surface area contributed by atoms with E-state index < -0.39 is 6.10 Å². The number of carbonyl (C=O) groups excluding carboxylic acids is 1. The molecule has 0 aromatic heterocycles. The quantitative estimate of drug-likeness (QED) is 0.282. The van der Waals surface area contributed by atoms with Crippen molar-refractivity contribution in [3.63, 3.8) is 0 Å². The number of ketones is 1. The van der Waals surface area contributed by atoms with E-state index in [2.05, 4.69) is 37.8 Å². The van der Waals surface area contributed by atoms with E-state index in [-0.39, 0.29) is 11.5 Å². The summed E-state index contributed by atoms with van der Waals surface area (Å²) in [5.41, 5.74) is 10.3. The summed E-state index contributed by atoms with van der Waals surface area (Å²) >= 11 is 0. The second-order valence-electron chi connectivity index (χ2n) is 7.32. The average molecular weight is 441 g/mol. The highest BCUT2D eigenvalue weighted by Gasteiger charge is 2.18. The van der Waals surface area contributed by atoms with Gasteiger partial charge in [0.05, 0.1) is 11.8 Å². The molecule has 1 atom stereocenters. The van der Waals surface area contributed by atoms with Gasteiger partial charge in [0.2, 0.25) is 0 Å². The number of nitrogens with two attached hydrogens (primary N) is 1. The number of hydrogen-bond donors (Lipinski definition) is 3. The third-order valence-corrected chi connectivity index (χ3v) is 4.41. The van der Waals surface area contributed by atoms with Crippen molar-refractivity contribution in [3.05, 3.63) is 83.1 Å². The summed E-state index contributed by atoms with van der Waals surface area (Å²) in [6, 6.07) is 8.32. The largest absolute Gasteiger partial charge is 0.402 e. The first-order valence-corrected chi connectivity index (χ1v) is 11.4. The fourth-order valence-electron chi connectivity index (χ4n) is 2.80. The molecule has 1 rings (SSSR count). The zero-order chi connectivity index (χ0) is 25.1. The Bertz CT molecular complexity index is 780. The van der Waals surface area contributed by atoms with Crippen LogP contribution in [0, 0.1) is 12.3 Å². The summed E-state index contributed by atoms with van der Waals surface area (Å²) in [4.78, 5) is 10.7. The van der Waals surface area contributed by atoms with Crippen LogP contribution in [-0.2, 0) is 11.2 Å². The summed E-state index contributed by atoms with van der Waals surface area (Å²) in [6.45, 7) is 16.9. The topological polar surface area (TPSA) is 87.2 Å². The number of aliphatic hydroxyl groups excluding tert-OH is 1. The normalized spacial score (nSPS) is 12.6. The Morgan fingerprint density at radius 3 is 2.19 bits per heavy atom. The average Bonchev–Trinajstić information content (AvgIpc) is 2.75. The van der Waals surface area contributed by atoms with E-state index in [0.717, 1.165) is 12.8 Å². The van der Waals surface area contributed by atoms with Crippen LogP contribution in [0.3, 0.4) is 0 Å². The van der Waals surface area contributed by atoms with Crippen LogP contribution in [0.25, 0.3) is 0 Å². The summed E-state index contributed by atoms with van der Waals surface area (Å²) < 4.78 is 0. The molecule has 4 nitrogen and oxygen atoms in total. The minimum absolute atomic E-state index is 0.258. The Labute approximate surface area is 196 Å². The van der Waals surface area contributed by atoms with E-state index in [1.807, 2.05) is 39.8 Å². The molecule has 0 aliphatic rings. The molecule has 1 unspecified atom stereocenters. The molecule has 0 fully saturated rings. The lowest BCUT2D eigenvalue weighted by molar-refractivity contribution is -0.116. The van der Waals surface area contributed by atoms with Gasteiger partial charge in [-0.05, 0) is 51.7 Å². The number of rotatable bonds is 10. The molecule has 178 valence electrons. The maximum atomic E-state index is 10.7. The summed E-state index contributed by atoms with van der Waals surface area (Å²) in [5.74, 6) is 0.260. The number of aryl methyl sites for hydroxylation is 2. The minimum Gasteiger partial charge on any atom is -0.402 e. The van der Waals surface area contributed by atoms with Gasteiger partial charge in [0.1, 0.15) is 5.78 Å². The molecule has 4 N–H and O–H groups in total. The molecule has 0 heterocycles. The monoisotopic (exact) mass is 440 g/mol. The first-order valence-electron chi connectivity index (χ1n) is 11.4. The van der Waals surface area contributed by atoms with E-state index in [9.17, 15) is 9.90 Å². The highest BCUT2D eigenvalue weighted by molar-refractivity contribution is 6.13. The number of benzene rings is 1. The van der Waals surface area contributed by atoms with Gasteiger partial charge in [0.15, 0.2) is 0 Å². The van der Waals surface area contributed by atoms with Gasteiger partial charge in [-0.3, -0.25) is 5.41 Å². The molecular weight excluding hydrogens is 396 g/mol. The highest BCUT2D eigenvalue weighted by atomic mass is 16.3. The third-order valence-electron chi connectivity index (χ3n) is 4.41. The molecule has 0 bridgehead atoms. The van der Waals surface area contributed by atoms with Crippen LogP contribution >= 0.6 is 0 Å². The molecular formula is C28H44N2O2. The van der Waals surface area contributed by atoms with Gasteiger partial charge in [-0.15, -0.1) is 0 Å². The maximum Gasteiger partial charge on any atom is 0.130 e. The molecule has 0 amide bonds. The van der Waals surface area contributed by atoms with Crippen LogP contribution in [0.5, 0.6) is 0 Å². The second-order valence-corrected chi connectivity index (χ2v) is 7.32. The molecule has 0 aliphatic carbocycles. The van der Waals surface area contributed by atoms with Crippen molar-refractivity contribution in [3.8, 4) is 0 Å². The van der Waals surface area contributed by atoms with Gasteiger partial charge in [-0.1, -0.05) is 87.9 Å². The second kappa shape index (κ2) is 19.0. The van der Waals surface area contributed by atoms with Crippen molar-refractivity contribution in [2.45, 2.75) is 80.3 Å². The van der Waals surface area contributed by atoms with Crippen molar-refractivity contribution in [1.29, 1.82) is 5.41 Å². The molecule has 0 radical (unpaired) electrons. The molecule has 0 saturated carbocycles. The Balaban J connectivity index is 0. The Morgan fingerprint density at radius 2 is 1.78 bits per heavy atom. The maximum absolute atomic E-state index is 10.7.